The highest BCUT2D eigenvalue weighted by atomic mass is 16.5. The molecule has 4 nitrogen and oxygen atoms in total. The Morgan fingerprint density at radius 2 is 1.96 bits per heavy atom. The van der Waals surface area contributed by atoms with Crippen molar-refractivity contribution in [3.8, 4) is 0 Å². The Kier molecular flexibility index (Phi) is 4.44. The van der Waals surface area contributed by atoms with Crippen LogP contribution in [0.15, 0.2) is 42.3 Å². The standard InChI is InChI=1S/C19H25NO3/c1-14(2)19(22,16-6-4-3-5-7-16)18(21)23-13-17-12-15-8-10-20(17)11-9-15/h3-7,13-15,22H,8-12H2,1-2H3/b17-13-/t19-/m1/s1. The van der Waals surface area contributed by atoms with Crippen LogP contribution in [0.4, 0.5) is 0 Å². The van der Waals surface area contributed by atoms with Crippen LogP contribution in [0.5, 0.6) is 0 Å². The van der Waals surface area contributed by atoms with Gasteiger partial charge in [-0.3, -0.25) is 0 Å². The molecule has 3 fully saturated rings. The number of carbonyl (C=O) groups excluding carboxylic acids is 1. The van der Waals surface area contributed by atoms with Gasteiger partial charge in [0.1, 0.15) is 6.26 Å². The van der Waals surface area contributed by atoms with Gasteiger partial charge in [-0.25, -0.2) is 4.79 Å². The number of nitrogens with zero attached hydrogens (tertiary/aromatic N) is 1. The summed E-state index contributed by atoms with van der Waals surface area (Å²) in [6.45, 7) is 5.74. The highest BCUT2D eigenvalue weighted by Crippen LogP contribution is 2.35. The maximum absolute atomic E-state index is 12.6. The van der Waals surface area contributed by atoms with Gasteiger partial charge in [0.05, 0.1) is 0 Å². The molecule has 0 radical (unpaired) electrons. The molecule has 1 N–H and O–H groups in total. The molecule has 124 valence electrons. The van der Waals surface area contributed by atoms with Crippen molar-refractivity contribution >= 4 is 5.97 Å². The fourth-order valence-corrected chi connectivity index (χ4v) is 3.56. The lowest BCUT2D eigenvalue weighted by Gasteiger charge is -2.42. The Labute approximate surface area is 137 Å². The van der Waals surface area contributed by atoms with Gasteiger partial charge in [-0.1, -0.05) is 44.2 Å². The van der Waals surface area contributed by atoms with E-state index >= 15 is 0 Å². The van der Waals surface area contributed by atoms with E-state index in [1.54, 1.807) is 18.4 Å². The zero-order valence-corrected chi connectivity index (χ0v) is 13.9. The highest BCUT2D eigenvalue weighted by Gasteiger charge is 2.43. The lowest BCUT2D eigenvalue weighted by atomic mass is 9.83. The molecular formula is C19H25NO3. The van der Waals surface area contributed by atoms with Gasteiger partial charge in [-0.2, -0.15) is 0 Å². The maximum atomic E-state index is 12.6. The molecule has 0 unspecified atom stereocenters. The number of ether oxygens (including phenoxy) is 1. The minimum Gasteiger partial charge on any atom is -0.430 e. The van der Waals surface area contributed by atoms with Gasteiger partial charge in [-0.05, 0) is 36.7 Å². The second kappa shape index (κ2) is 6.36. The van der Waals surface area contributed by atoms with Gasteiger partial charge < -0.3 is 14.7 Å². The Balaban J connectivity index is 1.77. The van der Waals surface area contributed by atoms with E-state index in [2.05, 4.69) is 4.90 Å². The summed E-state index contributed by atoms with van der Waals surface area (Å²) in [6.07, 6.45) is 4.99. The average Bonchev–Trinajstić information content (AvgIpc) is 2.60. The van der Waals surface area contributed by atoms with Crippen LogP contribution in [-0.4, -0.2) is 29.1 Å². The van der Waals surface area contributed by atoms with Gasteiger partial charge in [0, 0.05) is 18.8 Å². The largest absolute Gasteiger partial charge is 0.430 e. The number of hydrogen-bond acceptors (Lipinski definition) is 4. The Hall–Kier alpha value is -1.81. The van der Waals surface area contributed by atoms with Crippen molar-refractivity contribution in [3.63, 3.8) is 0 Å². The molecule has 2 bridgehead atoms. The molecule has 0 aromatic heterocycles. The molecule has 3 aliphatic heterocycles. The summed E-state index contributed by atoms with van der Waals surface area (Å²) < 4.78 is 5.42. The molecule has 0 spiro atoms. The van der Waals surface area contributed by atoms with Crippen LogP contribution in [0, 0.1) is 11.8 Å². The number of hydrogen-bond donors (Lipinski definition) is 1. The van der Waals surface area contributed by atoms with Crippen LogP contribution in [0.25, 0.3) is 0 Å². The topological polar surface area (TPSA) is 49.8 Å². The van der Waals surface area contributed by atoms with Gasteiger partial charge in [0.25, 0.3) is 0 Å². The predicted molar refractivity (Wildman–Crippen MR) is 88.3 cm³/mol. The first-order valence-corrected chi connectivity index (χ1v) is 8.44. The number of rotatable bonds is 4. The molecule has 1 atom stereocenters. The number of carbonyl (C=O) groups is 1. The van der Waals surface area contributed by atoms with Crippen molar-refractivity contribution in [1.29, 1.82) is 0 Å². The fraction of sp³-hybridized carbons (Fsp3) is 0.526. The number of fused-ring (bicyclic) bond motifs is 3. The third-order valence-corrected chi connectivity index (χ3v) is 5.18. The van der Waals surface area contributed by atoms with E-state index in [4.69, 9.17) is 4.74 Å². The van der Waals surface area contributed by atoms with E-state index in [0.717, 1.165) is 25.2 Å². The van der Waals surface area contributed by atoms with Crippen LogP contribution in [-0.2, 0) is 15.1 Å². The van der Waals surface area contributed by atoms with Crippen molar-refractivity contribution in [2.24, 2.45) is 11.8 Å². The van der Waals surface area contributed by atoms with E-state index in [0.29, 0.717) is 11.5 Å². The second-order valence-corrected chi connectivity index (χ2v) is 6.94. The molecule has 1 aromatic rings. The number of piperidine rings is 3. The summed E-state index contributed by atoms with van der Waals surface area (Å²) in [5, 5.41) is 11.0. The zero-order chi connectivity index (χ0) is 16.4. The van der Waals surface area contributed by atoms with E-state index in [9.17, 15) is 9.90 Å². The molecule has 3 saturated heterocycles. The molecule has 0 saturated carbocycles. The number of aliphatic hydroxyl groups is 1. The van der Waals surface area contributed by atoms with Gasteiger partial charge in [0.15, 0.2) is 5.60 Å². The smallest absolute Gasteiger partial charge is 0.347 e. The van der Waals surface area contributed by atoms with E-state index in [1.807, 2.05) is 32.0 Å². The molecule has 3 heterocycles. The first-order valence-electron chi connectivity index (χ1n) is 8.44. The van der Waals surface area contributed by atoms with Crippen LogP contribution >= 0.6 is 0 Å². The predicted octanol–water partition coefficient (Wildman–Crippen LogP) is 3.03. The summed E-state index contributed by atoms with van der Waals surface area (Å²) >= 11 is 0. The summed E-state index contributed by atoms with van der Waals surface area (Å²) in [5.41, 5.74) is 0.0327. The molecule has 4 heteroatoms. The molecule has 0 aliphatic carbocycles. The molecule has 0 amide bonds. The van der Waals surface area contributed by atoms with Crippen LogP contribution in [0.1, 0.15) is 38.7 Å². The summed E-state index contributed by atoms with van der Waals surface area (Å²) in [4.78, 5) is 14.9. The minimum absolute atomic E-state index is 0.279. The molecule has 23 heavy (non-hydrogen) atoms. The third kappa shape index (κ3) is 3.00. The Morgan fingerprint density at radius 1 is 1.30 bits per heavy atom. The fourth-order valence-electron chi connectivity index (χ4n) is 3.56. The lowest BCUT2D eigenvalue weighted by molar-refractivity contribution is -0.166. The van der Waals surface area contributed by atoms with Crippen LogP contribution in [0.3, 0.4) is 0 Å². The summed E-state index contributed by atoms with van der Waals surface area (Å²) in [5.74, 6) is -0.171. The van der Waals surface area contributed by atoms with Crippen LogP contribution in [0.2, 0.25) is 0 Å². The lowest BCUT2D eigenvalue weighted by Crippen LogP contribution is -2.42. The second-order valence-electron chi connectivity index (χ2n) is 6.94. The quantitative estimate of drug-likeness (QED) is 0.685. The summed E-state index contributed by atoms with van der Waals surface area (Å²) in [7, 11) is 0. The van der Waals surface area contributed by atoms with E-state index in [1.165, 1.54) is 12.8 Å². The first-order chi connectivity index (χ1) is 11.0. The summed E-state index contributed by atoms with van der Waals surface area (Å²) in [6, 6.07) is 9.03. The van der Waals surface area contributed by atoms with Gasteiger partial charge in [-0.15, -0.1) is 0 Å². The first kappa shape index (κ1) is 16.1. The van der Waals surface area contributed by atoms with E-state index in [-0.39, 0.29) is 5.92 Å². The zero-order valence-electron chi connectivity index (χ0n) is 13.9. The Morgan fingerprint density at radius 3 is 2.48 bits per heavy atom. The normalized spacial score (nSPS) is 22.4. The minimum atomic E-state index is -1.62. The van der Waals surface area contributed by atoms with Crippen molar-refractivity contribution in [1.82, 2.24) is 4.90 Å². The van der Waals surface area contributed by atoms with Crippen molar-refractivity contribution < 1.29 is 14.6 Å². The molecular weight excluding hydrogens is 290 g/mol. The molecule has 4 rings (SSSR count). The van der Waals surface area contributed by atoms with E-state index < -0.39 is 11.6 Å². The van der Waals surface area contributed by atoms with Crippen molar-refractivity contribution in [2.45, 2.75) is 38.7 Å². The number of benzene rings is 1. The average molecular weight is 315 g/mol. The van der Waals surface area contributed by atoms with Crippen LogP contribution < -0.4 is 0 Å². The monoisotopic (exact) mass is 315 g/mol. The molecule has 1 aromatic carbocycles. The van der Waals surface area contributed by atoms with Gasteiger partial charge >= 0.3 is 5.97 Å². The van der Waals surface area contributed by atoms with Crippen molar-refractivity contribution in [2.75, 3.05) is 13.1 Å². The third-order valence-electron chi connectivity index (χ3n) is 5.18. The highest BCUT2D eigenvalue weighted by molar-refractivity contribution is 5.82. The van der Waals surface area contributed by atoms with Gasteiger partial charge in [0.2, 0.25) is 0 Å². The number of esters is 1. The maximum Gasteiger partial charge on any atom is 0.347 e. The Bertz CT molecular complexity index is 588. The SMILES string of the molecule is CC(C)[C@](O)(C(=O)O/C=C1/CC2CCN1CC2)c1ccccc1. The van der Waals surface area contributed by atoms with Crippen molar-refractivity contribution in [3.05, 3.63) is 47.9 Å². The number of allylic oxidation sites excluding steroid dienone is 1. The molecule has 3 aliphatic rings.